The highest BCUT2D eigenvalue weighted by Gasteiger charge is 2.14. The molecule has 0 saturated carbocycles. The third-order valence-corrected chi connectivity index (χ3v) is 3.19. The van der Waals surface area contributed by atoms with E-state index in [0.29, 0.717) is 12.0 Å². The average molecular weight is 239 g/mol. The van der Waals surface area contributed by atoms with Gasteiger partial charge in [0.05, 0.1) is 0 Å². The molecule has 0 amide bonds. The Morgan fingerprint density at radius 1 is 0.833 bits per heavy atom. The van der Waals surface area contributed by atoms with Crippen LogP contribution in [0.1, 0.15) is 31.0 Å². The van der Waals surface area contributed by atoms with E-state index >= 15 is 0 Å². The first-order valence-electron chi connectivity index (χ1n) is 6.59. The van der Waals surface area contributed by atoms with Gasteiger partial charge in [-0.25, -0.2) is 0 Å². The Morgan fingerprint density at radius 3 is 1.94 bits per heavy atom. The lowest BCUT2D eigenvalue weighted by Gasteiger charge is -2.23. The average Bonchev–Trinajstić information content (AvgIpc) is 2.41. The van der Waals surface area contributed by atoms with Gasteiger partial charge in [0.15, 0.2) is 0 Å². The molecule has 0 aliphatic heterocycles. The zero-order valence-electron chi connectivity index (χ0n) is 11.1. The Kier molecular flexibility index (Phi) is 4.54. The lowest BCUT2D eigenvalue weighted by molar-refractivity contribution is 0.410. The summed E-state index contributed by atoms with van der Waals surface area (Å²) in [6, 6.07) is 21.6. The molecule has 0 aliphatic rings. The van der Waals surface area contributed by atoms with Crippen LogP contribution in [-0.2, 0) is 6.54 Å². The highest BCUT2D eigenvalue weighted by Crippen LogP contribution is 2.21. The van der Waals surface area contributed by atoms with Crippen molar-refractivity contribution in [2.75, 3.05) is 0 Å². The van der Waals surface area contributed by atoms with Crippen molar-refractivity contribution in [3.05, 3.63) is 71.8 Å². The van der Waals surface area contributed by atoms with E-state index in [9.17, 15) is 0 Å². The summed E-state index contributed by atoms with van der Waals surface area (Å²) < 4.78 is 0. The molecule has 1 atom stereocenters. The summed E-state index contributed by atoms with van der Waals surface area (Å²) in [6.07, 6.45) is 0. The summed E-state index contributed by atoms with van der Waals surface area (Å²) in [6.45, 7) is 5.43. The second kappa shape index (κ2) is 6.36. The molecule has 0 bridgehead atoms. The zero-order chi connectivity index (χ0) is 12.8. The highest BCUT2D eigenvalue weighted by atomic mass is 14.9. The quantitative estimate of drug-likeness (QED) is 0.825. The summed E-state index contributed by atoms with van der Waals surface area (Å²) in [7, 11) is 0. The van der Waals surface area contributed by atoms with E-state index < -0.39 is 0 Å². The number of rotatable bonds is 5. The monoisotopic (exact) mass is 239 g/mol. The first-order valence-corrected chi connectivity index (χ1v) is 6.59. The Bertz CT molecular complexity index is 448. The molecule has 2 aromatic rings. The fraction of sp³-hybridized carbons (Fsp3) is 0.294. The molecule has 0 aromatic heterocycles. The molecular formula is C17H21N. The fourth-order valence-corrected chi connectivity index (χ4v) is 2.22. The van der Waals surface area contributed by atoms with Crippen LogP contribution in [0.25, 0.3) is 0 Å². The minimum Gasteiger partial charge on any atom is -0.306 e. The van der Waals surface area contributed by atoms with Gasteiger partial charge >= 0.3 is 0 Å². The van der Waals surface area contributed by atoms with E-state index in [0.717, 1.165) is 6.54 Å². The first-order chi connectivity index (χ1) is 8.77. The second-order valence-corrected chi connectivity index (χ2v) is 5.00. The Balaban J connectivity index is 2.04. The van der Waals surface area contributed by atoms with E-state index in [2.05, 4.69) is 79.8 Å². The maximum Gasteiger partial charge on any atom is 0.0346 e. The van der Waals surface area contributed by atoms with Crippen molar-refractivity contribution in [3.63, 3.8) is 0 Å². The lowest BCUT2D eigenvalue weighted by Crippen LogP contribution is -2.25. The first kappa shape index (κ1) is 12.8. The Labute approximate surface area is 110 Å². The molecule has 1 N–H and O–H groups in total. The lowest BCUT2D eigenvalue weighted by atomic mass is 9.96. The van der Waals surface area contributed by atoms with Crippen LogP contribution in [0, 0.1) is 5.92 Å². The van der Waals surface area contributed by atoms with Crippen LogP contribution in [-0.4, -0.2) is 0 Å². The largest absolute Gasteiger partial charge is 0.306 e. The van der Waals surface area contributed by atoms with Crippen LogP contribution in [0.5, 0.6) is 0 Å². The Morgan fingerprint density at radius 2 is 1.39 bits per heavy atom. The van der Waals surface area contributed by atoms with Gasteiger partial charge in [0.2, 0.25) is 0 Å². The third-order valence-electron chi connectivity index (χ3n) is 3.19. The van der Waals surface area contributed by atoms with E-state index in [1.54, 1.807) is 0 Å². The maximum atomic E-state index is 3.65. The van der Waals surface area contributed by atoms with E-state index in [1.165, 1.54) is 11.1 Å². The summed E-state index contributed by atoms with van der Waals surface area (Å²) in [5.41, 5.74) is 2.70. The van der Waals surface area contributed by atoms with Crippen LogP contribution in [0.2, 0.25) is 0 Å². The highest BCUT2D eigenvalue weighted by molar-refractivity contribution is 5.20. The topological polar surface area (TPSA) is 12.0 Å². The van der Waals surface area contributed by atoms with Crippen LogP contribution in [0.4, 0.5) is 0 Å². The summed E-state index contributed by atoms with van der Waals surface area (Å²) in [4.78, 5) is 0. The molecule has 0 radical (unpaired) electrons. The fourth-order valence-electron chi connectivity index (χ4n) is 2.22. The predicted octanol–water partition coefficient (Wildman–Crippen LogP) is 4.17. The van der Waals surface area contributed by atoms with Gasteiger partial charge in [0, 0.05) is 12.6 Å². The molecule has 94 valence electrons. The molecule has 2 aromatic carbocycles. The number of hydrogen-bond donors (Lipinski definition) is 1. The van der Waals surface area contributed by atoms with Crippen molar-refractivity contribution in [1.29, 1.82) is 0 Å². The number of nitrogens with one attached hydrogen (secondary N) is 1. The van der Waals surface area contributed by atoms with Crippen molar-refractivity contribution in [3.8, 4) is 0 Å². The van der Waals surface area contributed by atoms with Gasteiger partial charge in [-0.05, 0) is 17.0 Å². The zero-order valence-corrected chi connectivity index (χ0v) is 11.1. The smallest absolute Gasteiger partial charge is 0.0346 e. The summed E-state index contributed by atoms with van der Waals surface area (Å²) in [5, 5.41) is 3.65. The Hall–Kier alpha value is -1.60. The van der Waals surface area contributed by atoms with Gasteiger partial charge in [-0.15, -0.1) is 0 Å². The van der Waals surface area contributed by atoms with Crippen molar-refractivity contribution in [2.45, 2.75) is 26.4 Å². The molecule has 0 aliphatic carbocycles. The van der Waals surface area contributed by atoms with Crippen molar-refractivity contribution in [1.82, 2.24) is 5.32 Å². The van der Waals surface area contributed by atoms with E-state index in [-0.39, 0.29) is 0 Å². The maximum absolute atomic E-state index is 3.65. The van der Waals surface area contributed by atoms with Gasteiger partial charge in [0.25, 0.3) is 0 Å². The third kappa shape index (κ3) is 3.44. The van der Waals surface area contributed by atoms with Gasteiger partial charge < -0.3 is 5.32 Å². The summed E-state index contributed by atoms with van der Waals surface area (Å²) >= 11 is 0. The standard InChI is InChI=1S/C17H21N/c1-14(2)17(16-11-7-4-8-12-16)18-13-15-9-5-3-6-10-15/h3-12,14,17-18H,13H2,1-2H3/t17-/m1/s1. The molecular weight excluding hydrogens is 218 g/mol. The van der Waals surface area contributed by atoms with E-state index in [4.69, 9.17) is 0 Å². The SMILES string of the molecule is CC(C)[C@@H](NCc1ccccc1)c1ccccc1. The molecule has 0 heterocycles. The molecule has 0 saturated heterocycles. The molecule has 0 spiro atoms. The van der Waals surface area contributed by atoms with Crippen molar-refractivity contribution < 1.29 is 0 Å². The van der Waals surface area contributed by atoms with Crippen LogP contribution in [0.3, 0.4) is 0 Å². The summed E-state index contributed by atoms with van der Waals surface area (Å²) in [5.74, 6) is 0.580. The minimum atomic E-state index is 0.409. The number of hydrogen-bond acceptors (Lipinski definition) is 1. The molecule has 18 heavy (non-hydrogen) atoms. The molecule has 0 unspecified atom stereocenters. The number of benzene rings is 2. The predicted molar refractivity (Wildman–Crippen MR) is 77.3 cm³/mol. The second-order valence-electron chi connectivity index (χ2n) is 5.00. The van der Waals surface area contributed by atoms with Crippen LogP contribution in [0.15, 0.2) is 60.7 Å². The van der Waals surface area contributed by atoms with E-state index in [1.807, 2.05) is 0 Å². The van der Waals surface area contributed by atoms with Gasteiger partial charge in [-0.3, -0.25) is 0 Å². The van der Waals surface area contributed by atoms with Gasteiger partial charge in [-0.1, -0.05) is 74.5 Å². The normalized spacial score (nSPS) is 12.6. The van der Waals surface area contributed by atoms with Gasteiger partial charge in [-0.2, -0.15) is 0 Å². The van der Waals surface area contributed by atoms with Crippen molar-refractivity contribution in [2.24, 2.45) is 5.92 Å². The van der Waals surface area contributed by atoms with Gasteiger partial charge in [0.1, 0.15) is 0 Å². The van der Waals surface area contributed by atoms with Crippen molar-refractivity contribution >= 4 is 0 Å². The molecule has 1 heteroatoms. The molecule has 1 nitrogen and oxygen atoms in total. The van der Waals surface area contributed by atoms with Crippen LogP contribution >= 0.6 is 0 Å². The molecule has 2 rings (SSSR count). The minimum absolute atomic E-state index is 0.409. The molecule has 0 fully saturated rings. The van der Waals surface area contributed by atoms with Crippen LogP contribution < -0.4 is 5.32 Å².